The third-order valence-electron chi connectivity index (χ3n) is 1.41. The van der Waals surface area contributed by atoms with Crippen molar-refractivity contribution in [2.45, 2.75) is 0 Å². The van der Waals surface area contributed by atoms with Gasteiger partial charge in [0.05, 0.1) is 0 Å². The van der Waals surface area contributed by atoms with Crippen LogP contribution in [0.1, 0.15) is 0 Å². The molecule has 0 N–H and O–H groups in total. The van der Waals surface area contributed by atoms with Crippen LogP contribution >= 0.6 is 11.6 Å². The summed E-state index contributed by atoms with van der Waals surface area (Å²) in [6, 6.07) is 1.71. The lowest BCUT2D eigenvalue weighted by Crippen LogP contribution is -2.17. The van der Waals surface area contributed by atoms with Gasteiger partial charge in [-0.15, -0.1) is 6.58 Å². The summed E-state index contributed by atoms with van der Waals surface area (Å²) in [5, 5.41) is 0.455. The first-order valence-corrected chi connectivity index (χ1v) is 3.91. The van der Waals surface area contributed by atoms with E-state index in [1.807, 2.05) is 11.9 Å². The van der Waals surface area contributed by atoms with E-state index < -0.39 is 0 Å². The Balaban J connectivity index is 2.80. The molecule has 0 aliphatic carbocycles. The third-order valence-corrected chi connectivity index (χ3v) is 1.62. The van der Waals surface area contributed by atoms with Gasteiger partial charge in [-0.3, -0.25) is 0 Å². The van der Waals surface area contributed by atoms with Crippen LogP contribution < -0.4 is 4.90 Å². The average molecular weight is 184 g/mol. The lowest BCUT2D eigenvalue weighted by atomic mass is 10.5. The number of nitrogens with zero attached hydrogens (tertiary/aromatic N) is 3. The SMILES string of the molecule is C=CCN(C)c1cc(Cl)ncn1. The molecule has 0 aromatic carbocycles. The molecule has 0 aliphatic heterocycles. The Morgan fingerprint density at radius 1 is 1.67 bits per heavy atom. The fourth-order valence-corrected chi connectivity index (χ4v) is 0.961. The third kappa shape index (κ3) is 2.20. The smallest absolute Gasteiger partial charge is 0.134 e. The monoisotopic (exact) mass is 183 g/mol. The Morgan fingerprint density at radius 3 is 3.00 bits per heavy atom. The van der Waals surface area contributed by atoms with E-state index in [1.165, 1.54) is 6.33 Å². The van der Waals surface area contributed by atoms with E-state index in [-0.39, 0.29) is 0 Å². The van der Waals surface area contributed by atoms with E-state index in [0.717, 1.165) is 12.4 Å². The van der Waals surface area contributed by atoms with E-state index in [4.69, 9.17) is 11.6 Å². The highest BCUT2D eigenvalue weighted by Gasteiger charge is 2.00. The second-order valence-corrected chi connectivity index (χ2v) is 2.76. The molecule has 0 amide bonds. The maximum Gasteiger partial charge on any atom is 0.134 e. The van der Waals surface area contributed by atoms with Gasteiger partial charge < -0.3 is 4.90 Å². The van der Waals surface area contributed by atoms with Gasteiger partial charge in [0.2, 0.25) is 0 Å². The second kappa shape index (κ2) is 4.07. The van der Waals surface area contributed by atoms with Crippen molar-refractivity contribution in [2.75, 3.05) is 18.5 Å². The van der Waals surface area contributed by atoms with Crippen LogP contribution in [0.5, 0.6) is 0 Å². The number of halogens is 1. The van der Waals surface area contributed by atoms with Crippen LogP contribution in [-0.4, -0.2) is 23.6 Å². The molecule has 0 atom stereocenters. The summed E-state index contributed by atoms with van der Waals surface area (Å²) in [6.45, 7) is 4.37. The molecule has 1 heterocycles. The van der Waals surface area contributed by atoms with Gasteiger partial charge in [-0.1, -0.05) is 17.7 Å². The molecule has 0 aliphatic rings. The molecular formula is C8H10ClN3. The zero-order chi connectivity index (χ0) is 8.97. The maximum absolute atomic E-state index is 5.69. The number of anilines is 1. The molecule has 4 heteroatoms. The van der Waals surface area contributed by atoms with Gasteiger partial charge in [-0.05, 0) is 0 Å². The van der Waals surface area contributed by atoms with Crippen LogP contribution in [0.3, 0.4) is 0 Å². The van der Waals surface area contributed by atoms with Crippen LogP contribution in [0.15, 0.2) is 25.0 Å². The van der Waals surface area contributed by atoms with Gasteiger partial charge in [-0.2, -0.15) is 0 Å². The lowest BCUT2D eigenvalue weighted by Gasteiger charge is -2.14. The largest absolute Gasteiger partial charge is 0.356 e. The van der Waals surface area contributed by atoms with E-state index in [2.05, 4.69) is 16.5 Å². The highest BCUT2D eigenvalue weighted by atomic mass is 35.5. The first-order chi connectivity index (χ1) is 5.74. The van der Waals surface area contributed by atoms with Crippen molar-refractivity contribution >= 4 is 17.4 Å². The van der Waals surface area contributed by atoms with Crippen LogP contribution in [0, 0.1) is 0 Å². The normalized spacial score (nSPS) is 9.50. The molecule has 0 spiro atoms. The van der Waals surface area contributed by atoms with Crippen molar-refractivity contribution in [1.82, 2.24) is 9.97 Å². The van der Waals surface area contributed by atoms with Gasteiger partial charge in [0.1, 0.15) is 17.3 Å². The van der Waals surface area contributed by atoms with E-state index in [0.29, 0.717) is 5.15 Å². The summed E-state index contributed by atoms with van der Waals surface area (Å²) in [4.78, 5) is 9.76. The molecule has 3 nitrogen and oxygen atoms in total. The highest BCUT2D eigenvalue weighted by Crippen LogP contribution is 2.11. The minimum atomic E-state index is 0.455. The standard InChI is InChI=1S/C8H10ClN3/c1-3-4-12(2)8-5-7(9)10-6-11-8/h3,5-6H,1,4H2,2H3. The molecule has 1 aromatic rings. The van der Waals surface area contributed by atoms with Gasteiger partial charge in [0, 0.05) is 19.7 Å². The Labute approximate surface area is 76.7 Å². The van der Waals surface area contributed by atoms with E-state index >= 15 is 0 Å². The first kappa shape index (κ1) is 9.00. The number of hydrogen-bond donors (Lipinski definition) is 0. The maximum atomic E-state index is 5.69. The Bertz CT molecular complexity index is 275. The minimum Gasteiger partial charge on any atom is -0.356 e. The first-order valence-electron chi connectivity index (χ1n) is 3.53. The molecule has 0 saturated heterocycles. The van der Waals surface area contributed by atoms with Crippen LogP contribution in [-0.2, 0) is 0 Å². The van der Waals surface area contributed by atoms with Crippen molar-refractivity contribution < 1.29 is 0 Å². The second-order valence-electron chi connectivity index (χ2n) is 2.37. The zero-order valence-corrected chi connectivity index (χ0v) is 7.62. The number of hydrogen-bond acceptors (Lipinski definition) is 3. The van der Waals surface area contributed by atoms with Crippen molar-refractivity contribution in [1.29, 1.82) is 0 Å². The van der Waals surface area contributed by atoms with Gasteiger partial charge >= 0.3 is 0 Å². The number of likely N-dealkylation sites (N-methyl/N-ethyl adjacent to an activating group) is 1. The summed E-state index contributed by atoms with van der Waals surface area (Å²) in [5.74, 6) is 0.801. The molecule has 0 saturated carbocycles. The lowest BCUT2D eigenvalue weighted by molar-refractivity contribution is 0.976. The molecule has 0 bridgehead atoms. The number of rotatable bonds is 3. The predicted molar refractivity (Wildman–Crippen MR) is 50.5 cm³/mol. The summed E-state index contributed by atoms with van der Waals surface area (Å²) >= 11 is 5.69. The number of aromatic nitrogens is 2. The Kier molecular flexibility index (Phi) is 3.05. The van der Waals surface area contributed by atoms with Gasteiger partial charge in [0.25, 0.3) is 0 Å². The topological polar surface area (TPSA) is 29.0 Å². The summed E-state index contributed by atoms with van der Waals surface area (Å²) in [7, 11) is 1.92. The molecule has 12 heavy (non-hydrogen) atoms. The van der Waals surface area contributed by atoms with Crippen LogP contribution in [0.4, 0.5) is 5.82 Å². The van der Waals surface area contributed by atoms with E-state index in [9.17, 15) is 0 Å². The summed E-state index contributed by atoms with van der Waals surface area (Å²) in [6.07, 6.45) is 3.24. The van der Waals surface area contributed by atoms with Gasteiger partial charge in [0.15, 0.2) is 0 Å². The zero-order valence-electron chi connectivity index (χ0n) is 6.87. The highest BCUT2D eigenvalue weighted by molar-refractivity contribution is 6.29. The van der Waals surface area contributed by atoms with Crippen molar-refractivity contribution in [3.63, 3.8) is 0 Å². The summed E-state index contributed by atoms with van der Waals surface area (Å²) in [5.41, 5.74) is 0. The summed E-state index contributed by atoms with van der Waals surface area (Å²) < 4.78 is 0. The Hall–Kier alpha value is -1.09. The van der Waals surface area contributed by atoms with E-state index in [1.54, 1.807) is 12.1 Å². The van der Waals surface area contributed by atoms with Crippen molar-refractivity contribution in [3.05, 3.63) is 30.2 Å². The quantitative estimate of drug-likeness (QED) is 0.528. The average Bonchev–Trinajstić information content (AvgIpc) is 2.05. The molecule has 0 unspecified atom stereocenters. The molecule has 0 fully saturated rings. The molecular weight excluding hydrogens is 174 g/mol. The molecule has 1 aromatic heterocycles. The van der Waals surface area contributed by atoms with Crippen molar-refractivity contribution in [2.24, 2.45) is 0 Å². The fraction of sp³-hybridized carbons (Fsp3) is 0.250. The van der Waals surface area contributed by atoms with Gasteiger partial charge in [-0.25, -0.2) is 9.97 Å². The van der Waals surface area contributed by atoms with Crippen molar-refractivity contribution in [3.8, 4) is 0 Å². The molecule has 0 radical (unpaired) electrons. The molecule has 64 valence electrons. The van der Waals surface area contributed by atoms with Crippen LogP contribution in [0.2, 0.25) is 5.15 Å². The fourth-order valence-electron chi connectivity index (χ4n) is 0.820. The predicted octanol–water partition coefficient (Wildman–Crippen LogP) is 1.75. The molecule has 1 rings (SSSR count). The Morgan fingerprint density at radius 2 is 2.42 bits per heavy atom. The minimum absolute atomic E-state index is 0.455. The van der Waals surface area contributed by atoms with Crippen LogP contribution in [0.25, 0.3) is 0 Å².